The van der Waals surface area contributed by atoms with Crippen LogP contribution in [0.1, 0.15) is 18.4 Å². The third kappa shape index (κ3) is 3.39. The van der Waals surface area contributed by atoms with Crippen molar-refractivity contribution >= 4 is 5.69 Å². The minimum atomic E-state index is 0.429. The molecule has 1 atom stereocenters. The van der Waals surface area contributed by atoms with Gasteiger partial charge in [-0.1, -0.05) is 6.07 Å². The molecule has 1 fully saturated rings. The van der Waals surface area contributed by atoms with E-state index in [1.54, 1.807) is 0 Å². The van der Waals surface area contributed by atoms with Gasteiger partial charge in [-0.05, 0) is 43.5 Å². The summed E-state index contributed by atoms with van der Waals surface area (Å²) in [7, 11) is 0. The summed E-state index contributed by atoms with van der Waals surface area (Å²) in [6, 6.07) is 6.42. The highest BCUT2D eigenvalue weighted by molar-refractivity contribution is 5.59. The van der Waals surface area contributed by atoms with E-state index in [1.165, 1.54) is 18.4 Å². The minimum Gasteiger partial charge on any atom is -0.490 e. The molecule has 0 spiro atoms. The average molecular weight is 262 g/mol. The summed E-state index contributed by atoms with van der Waals surface area (Å²) in [4.78, 5) is 0. The van der Waals surface area contributed by atoms with Gasteiger partial charge in [0, 0.05) is 19.7 Å². The molecule has 2 aliphatic heterocycles. The number of fused-ring (bicyclic) bond motifs is 1. The van der Waals surface area contributed by atoms with Crippen LogP contribution in [0.2, 0.25) is 0 Å². The number of anilines is 1. The summed E-state index contributed by atoms with van der Waals surface area (Å²) in [6.07, 6.45) is 3.89. The molecule has 1 aromatic carbocycles. The quantitative estimate of drug-likeness (QED) is 0.794. The predicted octanol–water partition coefficient (Wildman–Crippen LogP) is 1.80. The molecule has 0 aliphatic carbocycles. The van der Waals surface area contributed by atoms with Crippen molar-refractivity contribution in [2.24, 2.45) is 0 Å². The number of ether oxygens (including phenoxy) is 2. The number of rotatable bonds is 5. The molecule has 0 saturated carbocycles. The standard InChI is InChI=1S/C15H22N2O2/c1-2-13(18-8-1)11-16-6-5-12-3-4-15-14(10-12)17-7-9-19-15/h3-4,10,13,16-17H,1-2,5-9,11H2. The topological polar surface area (TPSA) is 42.5 Å². The highest BCUT2D eigenvalue weighted by Crippen LogP contribution is 2.28. The molecule has 104 valence electrons. The van der Waals surface area contributed by atoms with E-state index >= 15 is 0 Å². The van der Waals surface area contributed by atoms with Crippen molar-refractivity contribution in [1.29, 1.82) is 0 Å². The second kappa shape index (κ2) is 6.26. The van der Waals surface area contributed by atoms with Crippen molar-refractivity contribution < 1.29 is 9.47 Å². The van der Waals surface area contributed by atoms with E-state index in [0.717, 1.165) is 50.7 Å². The lowest BCUT2D eigenvalue weighted by Gasteiger charge is -2.19. The SMILES string of the molecule is c1cc2c(cc1CCNCC1CCCO1)NCCO2. The molecule has 0 bridgehead atoms. The summed E-state index contributed by atoms with van der Waals surface area (Å²) < 4.78 is 11.2. The van der Waals surface area contributed by atoms with Crippen LogP contribution in [0.25, 0.3) is 0 Å². The van der Waals surface area contributed by atoms with Crippen molar-refractivity contribution in [2.45, 2.75) is 25.4 Å². The summed E-state index contributed by atoms with van der Waals surface area (Å²) in [6.45, 7) is 4.57. The molecule has 1 saturated heterocycles. The molecule has 0 amide bonds. The summed E-state index contributed by atoms with van der Waals surface area (Å²) in [5.74, 6) is 0.974. The fraction of sp³-hybridized carbons (Fsp3) is 0.600. The largest absolute Gasteiger partial charge is 0.490 e. The molecule has 1 aromatic rings. The molecular weight excluding hydrogens is 240 g/mol. The van der Waals surface area contributed by atoms with Gasteiger partial charge < -0.3 is 20.1 Å². The normalized spacial score (nSPS) is 21.6. The third-order valence-electron chi connectivity index (χ3n) is 3.71. The smallest absolute Gasteiger partial charge is 0.142 e. The van der Waals surface area contributed by atoms with Crippen LogP contribution in [-0.2, 0) is 11.2 Å². The van der Waals surface area contributed by atoms with E-state index < -0.39 is 0 Å². The van der Waals surface area contributed by atoms with Crippen molar-refractivity contribution in [3.63, 3.8) is 0 Å². The Hall–Kier alpha value is -1.26. The van der Waals surface area contributed by atoms with Gasteiger partial charge >= 0.3 is 0 Å². The zero-order valence-corrected chi connectivity index (χ0v) is 11.3. The maximum atomic E-state index is 5.59. The third-order valence-corrected chi connectivity index (χ3v) is 3.71. The van der Waals surface area contributed by atoms with Crippen molar-refractivity contribution in [2.75, 3.05) is 38.2 Å². The monoisotopic (exact) mass is 262 g/mol. The summed E-state index contributed by atoms with van der Waals surface area (Å²) >= 11 is 0. The van der Waals surface area contributed by atoms with Crippen molar-refractivity contribution in [1.82, 2.24) is 5.32 Å². The van der Waals surface area contributed by atoms with E-state index in [9.17, 15) is 0 Å². The Kier molecular flexibility index (Phi) is 4.20. The second-order valence-electron chi connectivity index (χ2n) is 5.19. The zero-order chi connectivity index (χ0) is 12.9. The van der Waals surface area contributed by atoms with Crippen LogP contribution in [0.3, 0.4) is 0 Å². The van der Waals surface area contributed by atoms with E-state index in [0.29, 0.717) is 6.10 Å². The first-order valence-corrected chi connectivity index (χ1v) is 7.24. The first-order chi connectivity index (χ1) is 9.42. The highest BCUT2D eigenvalue weighted by atomic mass is 16.5. The maximum absolute atomic E-state index is 5.59. The predicted molar refractivity (Wildman–Crippen MR) is 76.0 cm³/mol. The molecule has 4 heteroatoms. The molecule has 4 nitrogen and oxygen atoms in total. The Morgan fingerprint density at radius 3 is 3.21 bits per heavy atom. The van der Waals surface area contributed by atoms with Gasteiger partial charge in [0.1, 0.15) is 12.4 Å². The molecular formula is C15H22N2O2. The molecule has 1 unspecified atom stereocenters. The first-order valence-electron chi connectivity index (χ1n) is 7.24. The molecule has 0 radical (unpaired) electrons. The molecule has 19 heavy (non-hydrogen) atoms. The van der Waals surface area contributed by atoms with E-state index in [4.69, 9.17) is 9.47 Å². The molecule has 2 heterocycles. The molecule has 2 aliphatic rings. The van der Waals surface area contributed by atoms with E-state index in [2.05, 4.69) is 28.8 Å². The van der Waals surface area contributed by atoms with E-state index in [-0.39, 0.29) is 0 Å². The zero-order valence-electron chi connectivity index (χ0n) is 11.3. The fourth-order valence-corrected chi connectivity index (χ4v) is 2.64. The van der Waals surface area contributed by atoms with Gasteiger partial charge in [-0.3, -0.25) is 0 Å². The fourth-order valence-electron chi connectivity index (χ4n) is 2.64. The van der Waals surface area contributed by atoms with E-state index in [1.807, 2.05) is 0 Å². The molecule has 0 aromatic heterocycles. The molecule has 2 N–H and O–H groups in total. The minimum absolute atomic E-state index is 0.429. The van der Waals surface area contributed by atoms with Crippen LogP contribution >= 0.6 is 0 Å². The van der Waals surface area contributed by atoms with Crippen LogP contribution in [0.5, 0.6) is 5.75 Å². The number of hydrogen-bond donors (Lipinski definition) is 2. The van der Waals surface area contributed by atoms with Crippen LogP contribution in [-0.4, -0.2) is 39.0 Å². The summed E-state index contributed by atoms with van der Waals surface area (Å²) in [5, 5.41) is 6.85. The van der Waals surface area contributed by atoms with Crippen molar-refractivity contribution in [3.8, 4) is 5.75 Å². The lowest BCUT2D eigenvalue weighted by molar-refractivity contribution is 0.110. The number of nitrogens with one attached hydrogen (secondary N) is 2. The lowest BCUT2D eigenvalue weighted by Crippen LogP contribution is -2.28. The van der Waals surface area contributed by atoms with Gasteiger partial charge in [-0.2, -0.15) is 0 Å². The second-order valence-corrected chi connectivity index (χ2v) is 5.19. The van der Waals surface area contributed by atoms with Gasteiger partial charge in [-0.25, -0.2) is 0 Å². The Bertz CT molecular complexity index is 417. The van der Waals surface area contributed by atoms with Crippen LogP contribution < -0.4 is 15.4 Å². The highest BCUT2D eigenvalue weighted by Gasteiger charge is 2.14. The molecule has 3 rings (SSSR count). The van der Waals surface area contributed by atoms with Crippen LogP contribution in [0.15, 0.2) is 18.2 Å². The van der Waals surface area contributed by atoms with Crippen LogP contribution in [0.4, 0.5) is 5.69 Å². The van der Waals surface area contributed by atoms with Gasteiger partial charge in [-0.15, -0.1) is 0 Å². The number of benzene rings is 1. The number of hydrogen-bond acceptors (Lipinski definition) is 4. The Labute approximate surface area is 114 Å². The Morgan fingerprint density at radius 1 is 1.32 bits per heavy atom. The van der Waals surface area contributed by atoms with Gasteiger partial charge in [0.25, 0.3) is 0 Å². The van der Waals surface area contributed by atoms with Gasteiger partial charge in [0.05, 0.1) is 11.8 Å². The van der Waals surface area contributed by atoms with Crippen LogP contribution in [0, 0.1) is 0 Å². The summed E-state index contributed by atoms with van der Waals surface area (Å²) in [5.41, 5.74) is 2.47. The Balaban J connectivity index is 1.44. The van der Waals surface area contributed by atoms with Gasteiger partial charge in [0.2, 0.25) is 0 Å². The Morgan fingerprint density at radius 2 is 2.32 bits per heavy atom. The lowest BCUT2D eigenvalue weighted by atomic mass is 10.1. The average Bonchev–Trinajstić information content (AvgIpc) is 2.97. The van der Waals surface area contributed by atoms with Crippen molar-refractivity contribution in [3.05, 3.63) is 23.8 Å². The maximum Gasteiger partial charge on any atom is 0.142 e. The first kappa shape index (κ1) is 12.8. The van der Waals surface area contributed by atoms with Gasteiger partial charge in [0.15, 0.2) is 0 Å².